The molecule has 1 heterocycles. The number of rotatable bonds is 4. The van der Waals surface area contributed by atoms with Gasteiger partial charge in [0.2, 0.25) is 15.9 Å². The third-order valence-corrected chi connectivity index (χ3v) is 6.03. The topological polar surface area (TPSA) is 125 Å². The largest absolute Gasteiger partial charge is 0.468 e. The van der Waals surface area contributed by atoms with Crippen LogP contribution in [0.4, 0.5) is 4.79 Å². The van der Waals surface area contributed by atoms with Crippen molar-refractivity contribution in [3.05, 3.63) is 35.9 Å². The van der Waals surface area contributed by atoms with Crippen LogP contribution in [-0.2, 0) is 24.3 Å². The van der Waals surface area contributed by atoms with Gasteiger partial charge >= 0.3 is 12.0 Å². The van der Waals surface area contributed by atoms with Crippen LogP contribution in [0.1, 0.15) is 24.4 Å². The standard InChI is InChI=1S/C19H28N4O6S/c1-29-18(25)14-21-19(26)22-10-6-11-23(30(2,27)28)16(13-17(24)20-9-12-22)15-7-4-3-5-8-15/h3-5,7-8,16H,6,9-14H2,1-2H3,(H,20,24)(H,21,26). The predicted molar refractivity (Wildman–Crippen MR) is 110 cm³/mol. The van der Waals surface area contributed by atoms with Gasteiger partial charge in [0, 0.05) is 32.6 Å². The van der Waals surface area contributed by atoms with Crippen molar-refractivity contribution < 1.29 is 27.5 Å². The summed E-state index contributed by atoms with van der Waals surface area (Å²) in [7, 11) is -2.39. The number of carbonyl (C=O) groups excluding carboxylic acids is 3. The lowest BCUT2D eigenvalue weighted by Gasteiger charge is -2.30. The molecule has 2 rings (SSSR count). The molecule has 0 saturated carbocycles. The first-order valence-electron chi connectivity index (χ1n) is 9.60. The Labute approximate surface area is 176 Å². The normalized spacial score (nSPS) is 19.3. The molecule has 10 nitrogen and oxygen atoms in total. The van der Waals surface area contributed by atoms with Crippen molar-refractivity contribution in [2.24, 2.45) is 0 Å². The molecule has 1 atom stereocenters. The van der Waals surface area contributed by atoms with E-state index in [9.17, 15) is 22.8 Å². The first-order chi connectivity index (χ1) is 14.2. The zero-order valence-electron chi connectivity index (χ0n) is 17.2. The minimum atomic E-state index is -3.62. The summed E-state index contributed by atoms with van der Waals surface area (Å²) in [6.45, 7) is 0.574. The Hall–Kier alpha value is -2.66. The smallest absolute Gasteiger partial charge is 0.325 e. The van der Waals surface area contributed by atoms with Gasteiger partial charge in [-0.25, -0.2) is 13.2 Å². The molecule has 2 N–H and O–H groups in total. The third kappa shape index (κ3) is 6.99. The molecule has 0 spiro atoms. The predicted octanol–water partition coefficient (Wildman–Crippen LogP) is 0.0839. The first kappa shape index (κ1) is 23.6. The van der Waals surface area contributed by atoms with Gasteiger partial charge in [-0.1, -0.05) is 30.3 Å². The van der Waals surface area contributed by atoms with E-state index >= 15 is 0 Å². The highest BCUT2D eigenvalue weighted by molar-refractivity contribution is 7.88. The second kappa shape index (κ2) is 10.9. The first-order valence-corrected chi connectivity index (χ1v) is 11.4. The molecule has 0 radical (unpaired) electrons. The molecule has 11 heteroatoms. The maximum atomic E-state index is 12.5. The Morgan fingerprint density at radius 1 is 1.20 bits per heavy atom. The van der Waals surface area contributed by atoms with Gasteiger partial charge in [0.25, 0.3) is 0 Å². The molecular weight excluding hydrogens is 412 g/mol. The summed E-state index contributed by atoms with van der Waals surface area (Å²) >= 11 is 0. The molecule has 1 aromatic carbocycles. The number of ether oxygens (including phenoxy) is 1. The number of methoxy groups -OCH3 is 1. The van der Waals surface area contributed by atoms with Gasteiger partial charge in [0.05, 0.1) is 19.4 Å². The van der Waals surface area contributed by atoms with Gasteiger partial charge in [0.15, 0.2) is 0 Å². The third-order valence-electron chi connectivity index (χ3n) is 4.75. The van der Waals surface area contributed by atoms with E-state index in [2.05, 4.69) is 15.4 Å². The SMILES string of the molecule is COC(=O)CNC(=O)N1CCCN(S(C)(=O)=O)C(c2ccccc2)CC(=O)NCC1. The summed E-state index contributed by atoms with van der Waals surface area (Å²) in [5, 5.41) is 5.20. The van der Waals surface area contributed by atoms with Gasteiger partial charge in [-0.3, -0.25) is 9.59 Å². The molecule has 1 saturated heterocycles. The molecule has 0 bridgehead atoms. The van der Waals surface area contributed by atoms with Crippen LogP contribution in [0, 0.1) is 0 Å². The zero-order chi connectivity index (χ0) is 22.1. The number of carbonyl (C=O) groups is 3. The molecule has 1 aromatic rings. The van der Waals surface area contributed by atoms with Crippen molar-refractivity contribution in [3.8, 4) is 0 Å². The maximum Gasteiger partial charge on any atom is 0.325 e. The van der Waals surface area contributed by atoms with Crippen LogP contribution in [0.3, 0.4) is 0 Å². The minimum Gasteiger partial charge on any atom is -0.468 e. The molecule has 1 unspecified atom stereocenters. The van der Waals surface area contributed by atoms with Crippen molar-refractivity contribution in [1.29, 1.82) is 0 Å². The summed E-state index contributed by atoms with van der Waals surface area (Å²) < 4.78 is 30.8. The van der Waals surface area contributed by atoms with Crippen molar-refractivity contribution in [1.82, 2.24) is 19.8 Å². The van der Waals surface area contributed by atoms with Crippen LogP contribution in [-0.4, -0.2) is 81.6 Å². The maximum absolute atomic E-state index is 12.5. The van der Waals surface area contributed by atoms with E-state index in [4.69, 9.17) is 0 Å². The Kier molecular flexibility index (Phi) is 8.60. The lowest BCUT2D eigenvalue weighted by molar-refractivity contribution is -0.139. The highest BCUT2D eigenvalue weighted by Gasteiger charge is 2.30. The molecule has 1 aliphatic rings. The van der Waals surface area contributed by atoms with E-state index in [0.717, 1.165) is 11.8 Å². The number of urea groups is 1. The number of amides is 3. The summed E-state index contributed by atoms with van der Waals surface area (Å²) in [5.74, 6) is -0.891. The number of hydrogen-bond acceptors (Lipinski definition) is 6. The van der Waals surface area contributed by atoms with Gasteiger partial charge < -0.3 is 20.3 Å². The monoisotopic (exact) mass is 440 g/mol. The summed E-state index contributed by atoms with van der Waals surface area (Å²) in [6.07, 6.45) is 1.46. The van der Waals surface area contributed by atoms with Crippen LogP contribution in [0.2, 0.25) is 0 Å². The number of hydrogen-bond donors (Lipinski definition) is 2. The van der Waals surface area contributed by atoms with E-state index < -0.39 is 28.1 Å². The molecule has 1 aliphatic heterocycles. The fraction of sp³-hybridized carbons (Fsp3) is 0.526. The van der Waals surface area contributed by atoms with E-state index in [0.29, 0.717) is 6.42 Å². The zero-order valence-corrected chi connectivity index (χ0v) is 18.0. The quantitative estimate of drug-likeness (QED) is 0.639. The van der Waals surface area contributed by atoms with Crippen molar-refractivity contribution in [2.75, 3.05) is 46.1 Å². The van der Waals surface area contributed by atoms with Gasteiger partial charge in [-0.05, 0) is 12.0 Å². The summed E-state index contributed by atoms with van der Waals surface area (Å²) in [6, 6.07) is 7.88. The van der Waals surface area contributed by atoms with E-state index in [-0.39, 0.29) is 45.1 Å². The van der Waals surface area contributed by atoms with Crippen LogP contribution < -0.4 is 10.6 Å². The van der Waals surface area contributed by atoms with Crippen LogP contribution in [0.5, 0.6) is 0 Å². The Balaban J connectivity index is 2.20. The number of sulfonamides is 1. The van der Waals surface area contributed by atoms with Crippen molar-refractivity contribution >= 4 is 27.9 Å². The number of nitrogens with zero attached hydrogens (tertiary/aromatic N) is 2. The van der Waals surface area contributed by atoms with Gasteiger partial charge in [0.1, 0.15) is 6.54 Å². The highest BCUT2D eigenvalue weighted by atomic mass is 32.2. The summed E-state index contributed by atoms with van der Waals surface area (Å²) in [4.78, 5) is 37.5. The molecule has 30 heavy (non-hydrogen) atoms. The minimum absolute atomic E-state index is 0.0222. The lowest BCUT2D eigenvalue weighted by Crippen LogP contribution is -2.46. The van der Waals surface area contributed by atoms with Crippen LogP contribution in [0.15, 0.2) is 30.3 Å². The van der Waals surface area contributed by atoms with E-state index in [1.54, 1.807) is 24.3 Å². The fourth-order valence-corrected chi connectivity index (χ4v) is 4.38. The number of benzene rings is 1. The van der Waals surface area contributed by atoms with Crippen LogP contribution in [0.25, 0.3) is 0 Å². The van der Waals surface area contributed by atoms with Gasteiger partial charge in [-0.15, -0.1) is 0 Å². The molecular formula is C19H28N4O6S. The second-order valence-electron chi connectivity index (χ2n) is 6.93. The fourth-order valence-electron chi connectivity index (χ4n) is 3.26. The van der Waals surface area contributed by atoms with Gasteiger partial charge in [-0.2, -0.15) is 4.31 Å². The average Bonchev–Trinajstić information content (AvgIpc) is 2.75. The molecule has 3 amide bonds. The molecule has 0 aliphatic carbocycles. The van der Waals surface area contributed by atoms with E-state index in [1.807, 2.05) is 6.07 Å². The number of nitrogens with one attached hydrogen (secondary N) is 2. The molecule has 166 valence electrons. The van der Waals surface area contributed by atoms with Crippen LogP contribution >= 0.6 is 0 Å². The average molecular weight is 441 g/mol. The second-order valence-corrected chi connectivity index (χ2v) is 8.86. The number of esters is 1. The molecule has 0 aromatic heterocycles. The lowest BCUT2D eigenvalue weighted by atomic mass is 10.0. The Morgan fingerprint density at radius 3 is 2.53 bits per heavy atom. The van der Waals surface area contributed by atoms with Crippen molar-refractivity contribution in [2.45, 2.75) is 18.9 Å². The Morgan fingerprint density at radius 2 is 1.90 bits per heavy atom. The Bertz CT molecular complexity index is 846. The highest BCUT2D eigenvalue weighted by Crippen LogP contribution is 2.27. The molecule has 1 fully saturated rings. The van der Waals surface area contributed by atoms with Crippen molar-refractivity contribution in [3.63, 3.8) is 0 Å². The summed E-state index contributed by atoms with van der Waals surface area (Å²) in [5.41, 5.74) is 0.727. The van der Waals surface area contributed by atoms with E-state index in [1.165, 1.54) is 16.3 Å².